The molecule has 0 spiro atoms. The second kappa shape index (κ2) is 6.90. The Bertz CT molecular complexity index is 728. The monoisotopic (exact) mass is 349 g/mol. The van der Waals surface area contributed by atoms with Gasteiger partial charge in [-0.05, 0) is 32.8 Å². The topological polar surface area (TPSA) is 81.1 Å². The molecular formula is C16H23N5O2S. The lowest BCUT2D eigenvalue weighted by Crippen LogP contribution is -2.37. The van der Waals surface area contributed by atoms with Gasteiger partial charge in [0.15, 0.2) is 5.13 Å². The first-order valence-electron chi connectivity index (χ1n) is 8.07. The predicted molar refractivity (Wildman–Crippen MR) is 93.5 cm³/mol. The van der Waals surface area contributed by atoms with Gasteiger partial charge in [0.25, 0.3) is 0 Å². The maximum atomic E-state index is 12.2. The third-order valence-corrected chi connectivity index (χ3v) is 5.25. The van der Waals surface area contributed by atoms with Crippen molar-refractivity contribution in [1.82, 2.24) is 20.1 Å². The van der Waals surface area contributed by atoms with Gasteiger partial charge in [0, 0.05) is 25.2 Å². The fourth-order valence-corrected chi connectivity index (χ4v) is 3.85. The molecule has 2 N–H and O–H groups in total. The van der Waals surface area contributed by atoms with Crippen LogP contribution in [0.15, 0.2) is 0 Å². The third-order valence-electron chi connectivity index (χ3n) is 4.26. The molecular weight excluding hydrogens is 326 g/mol. The number of aryl methyl sites for hydroxylation is 2. The van der Waals surface area contributed by atoms with Crippen LogP contribution in [-0.2, 0) is 31.2 Å². The molecule has 1 aliphatic heterocycles. The van der Waals surface area contributed by atoms with E-state index in [2.05, 4.69) is 20.7 Å². The highest BCUT2D eigenvalue weighted by molar-refractivity contribution is 7.15. The number of hydrogen-bond donors (Lipinski definition) is 2. The highest BCUT2D eigenvalue weighted by Gasteiger charge is 2.18. The van der Waals surface area contributed by atoms with Crippen LogP contribution in [0.1, 0.15) is 34.4 Å². The van der Waals surface area contributed by atoms with E-state index in [9.17, 15) is 4.79 Å². The van der Waals surface area contributed by atoms with Crippen LogP contribution in [0.5, 0.6) is 0 Å². The molecule has 3 heterocycles. The Balaban J connectivity index is 1.57. The van der Waals surface area contributed by atoms with Gasteiger partial charge in [-0.2, -0.15) is 5.10 Å². The van der Waals surface area contributed by atoms with Gasteiger partial charge in [-0.25, -0.2) is 9.78 Å². The molecule has 0 saturated heterocycles. The van der Waals surface area contributed by atoms with Gasteiger partial charge in [-0.3, -0.25) is 10.00 Å². The van der Waals surface area contributed by atoms with Gasteiger partial charge < -0.3 is 10.1 Å². The number of fused-ring (bicyclic) bond motifs is 1. The summed E-state index contributed by atoms with van der Waals surface area (Å²) in [6.45, 7) is 7.32. The van der Waals surface area contributed by atoms with Crippen molar-refractivity contribution in [2.75, 3.05) is 11.9 Å². The minimum Gasteiger partial charge on any atom is -0.375 e. The normalized spacial score (nSPS) is 15.0. The first-order valence-corrected chi connectivity index (χ1v) is 8.88. The van der Waals surface area contributed by atoms with E-state index < -0.39 is 0 Å². The number of nitrogens with one attached hydrogen (secondary N) is 2. The number of carbonyl (C=O) groups is 1. The molecule has 1 aliphatic rings. The maximum absolute atomic E-state index is 12.2. The Morgan fingerprint density at radius 1 is 1.46 bits per heavy atom. The van der Waals surface area contributed by atoms with Crippen LogP contribution in [0.25, 0.3) is 0 Å². The molecule has 0 bridgehead atoms. The van der Waals surface area contributed by atoms with Gasteiger partial charge in [0.2, 0.25) is 0 Å². The highest BCUT2D eigenvalue weighted by atomic mass is 32.1. The Hall–Kier alpha value is -1.93. The van der Waals surface area contributed by atoms with Crippen LogP contribution in [0, 0.1) is 13.8 Å². The van der Waals surface area contributed by atoms with Gasteiger partial charge in [0.1, 0.15) is 0 Å². The minimum atomic E-state index is -0.228. The standard InChI is InChI=1S/C16H23N5O2S/c1-9(7-12-10(2)20-21(4)11(12)3)17-15(22)19-16-18-13-5-6-23-8-14(13)24-16/h9H,5-8H2,1-4H3,(H2,17,18,19,22)/t9-/m1/s1. The second-order valence-electron chi connectivity index (χ2n) is 6.17. The van der Waals surface area contributed by atoms with E-state index in [1.807, 2.05) is 32.5 Å². The Morgan fingerprint density at radius 2 is 2.25 bits per heavy atom. The van der Waals surface area contributed by atoms with Crippen LogP contribution in [0.3, 0.4) is 0 Å². The number of carbonyl (C=O) groups excluding carboxylic acids is 1. The number of ether oxygens (including phenoxy) is 1. The van der Waals surface area contributed by atoms with E-state index in [4.69, 9.17) is 4.74 Å². The van der Waals surface area contributed by atoms with Crippen LogP contribution in [0.2, 0.25) is 0 Å². The van der Waals surface area contributed by atoms with Gasteiger partial charge in [-0.1, -0.05) is 11.3 Å². The third kappa shape index (κ3) is 3.59. The highest BCUT2D eigenvalue weighted by Crippen LogP contribution is 2.26. The first kappa shape index (κ1) is 16.9. The summed E-state index contributed by atoms with van der Waals surface area (Å²) < 4.78 is 7.28. The Kier molecular flexibility index (Phi) is 4.86. The molecule has 8 heteroatoms. The Morgan fingerprint density at radius 3 is 2.92 bits per heavy atom. The quantitative estimate of drug-likeness (QED) is 0.888. The summed E-state index contributed by atoms with van der Waals surface area (Å²) in [6.07, 6.45) is 1.56. The minimum absolute atomic E-state index is 0.00419. The average molecular weight is 349 g/mol. The molecule has 0 fully saturated rings. The number of urea groups is 1. The smallest absolute Gasteiger partial charge is 0.321 e. The number of amides is 2. The lowest BCUT2D eigenvalue weighted by Gasteiger charge is -2.14. The molecule has 0 aromatic carbocycles. The van der Waals surface area contributed by atoms with Crippen molar-refractivity contribution in [2.45, 2.75) is 46.3 Å². The number of aromatic nitrogens is 3. The van der Waals surface area contributed by atoms with Gasteiger partial charge in [0.05, 0.1) is 29.5 Å². The predicted octanol–water partition coefficient (Wildman–Crippen LogP) is 2.32. The molecule has 130 valence electrons. The van der Waals surface area contributed by atoms with E-state index in [1.54, 1.807) is 0 Å². The number of thiazole rings is 1. The number of rotatable bonds is 4. The van der Waals surface area contributed by atoms with Crippen molar-refractivity contribution >= 4 is 22.5 Å². The zero-order chi connectivity index (χ0) is 17.3. The van der Waals surface area contributed by atoms with E-state index in [-0.39, 0.29) is 12.1 Å². The fraction of sp³-hybridized carbons (Fsp3) is 0.562. The van der Waals surface area contributed by atoms with Crippen molar-refractivity contribution in [3.8, 4) is 0 Å². The first-order chi connectivity index (χ1) is 11.4. The van der Waals surface area contributed by atoms with Crippen molar-refractivity contribution < 1.29 is 9.53 Å². The van der Waals surface area contributed by atoms with E-state index in [1.165, 1.54) is 16.9 Å². The molecule has 2 aromatic rings. The molecule has 1 atom stereocenters. The van der Waals surface area contributed by atoms with E-state index in [0.29, 0.717) is 18.3 Å². The van der Waals surface area contributed by atoms with Crippen LogP contribution in [0.4, 0.5) is 9.93 Å². The zero-order valence-electron chi connectivity index (χ0n) is 14.5. The summed E-state index contributed by atoms with van der Waals surface area (Å²) in [6, 6.07) is -0.224. The van der Waals surface area contributed by atoms with Crippen molar-refractivity contribution in [1.29, 1.82) is 0 Å². The molecule has 0 unspecified atom stereocenters. The van der Waals surface area contributed by atoms with Gasteiger partial charge >= 0.3 is 6.03 Å². The molecule has 7 nitrogen and oxygen atoms in total. The molecule has 0 radical (unpaired) electrons. The average Bonchev–Trinajstić information content (AvgIpc) is 3.02. The molecule has 0 saturated carbocycles. The van der Waals surface area contributed by atoms with E-state index >= 15 is 0 Å². The van der Waals surface area contributed by atoms with Crippen LogP contribution < -0.4 is 10.6 Å². The lowest BCUT2D eigenvalue weighted by molar-refractivity contribution is 0.112. The van der Waals surface area contributed by atoms with E-state index in [0.717, 1.165) is 34.8 Å². The molecule has 3 rings (SSSR count). The number of nitrogens with zero attached hydrogens (tertiary/aromatic N) is 3. The van der Waals surface area contributed by atoms with Crippen molar-refractivity contribution in [3.05, 3.63) is 27.5 Å². The number of anilines is 1. The lowest BCUT2D eigenvalue weighted by atomic mass is 10.1. The maximum Gasteiger partial charge on any atom is 0.321 e. The second-order valence-corrected chi connectivity index (χ2v) is 7.25. The summed E-state index contributed by atoms with van der Waals surface area (Å²) in [5.41, 5.74) is 4.37. The van der Waals surface area contributed by atoms with Crippen molar-refractivity contribution in [2.24, 2.45) is 7.05 Å². The Labute approximate surface area is 145 Å². The largest absolute Gasteiger partial charge is 0.375 e. The molecule has 0 aliphatic carbocycles. The SMILES string of the molecule is Cc1nn(C)c(C)c1C[C@@H](C)NC(=O)Nc1nc2c(s1)COCC2. The number of hydrogen-bond acceptors (Lipinski definition) is 5. The van der Waals surface area contributed by atoms with Crippen LogP contribution in [-0.4, -0.2) is 33.4 Å². The zero-order valence-corrected chi connectivity index (χ0v) is 15.3. The molecule has 2 amide bonds. The summed E-state index contributed by atoms with van der Waals surface area (Å²) in [7, 11) is 1.94. The molecule has 24 heavy (non-hydrogen) atoms. The van der Waals surface area contributed by atoms with Crippen molar-refractivity contribution in [3.63, 3.8) is 0 Å². The summed E-state index contributed by atoms with van der Waals surface area (Å²) in [4.78, 5) is 17.8. The molecule has 2 aromatic heterocycles. The summed E-state index contributed by atoms with van der Waals surface area (Å²) in [5, 5.41) is 10.8. The van der Waals surface area contributed by atoms with Gasteiger partial charge in [-0.15, -0.1) is 0 Å². The fourth-order valence-electron chi connectivity index (χ4n) is 2.91. The van der Waals surface area contributed by atoms with Crippen LogP contribution >= 0.6 is 11.3 Å². The summed E-state index contributed by atoms with van der Waals surface area (Å²) >= 11 is 1.48. The summed E-state index contributed by atoms with van der Waals surface area (Å²) in [5.74, 6) is 0.